The van der Waals surface area contributed by atoms with E-state index in [1.54, 1.807) is 0 Å². The summed E-state index contributed by atoms with van der Waals surface area (Å²) in [5, 5.41) is 10.3. The molecule has 0 amide bonds. The van der Waals surface area contributed by atoms with Gasteiger partial charge < -0.3 is 5.11 Å². The molecule has 0 aliphatic rings. The summed E-state index contributed by atoms with van der Waals surface area (Å²) in [5.74, 6) is 1.50. The fraction of sp³-hybridized carbons (Fsp3) is 0.500. The van der Waals surface area contributed by atoms with E-state index in [0.717, 1.165) is 40.9 Å². The summed E-state index contributed by atoms with van der Waals surface area (Å²) in [6.45, 7) is 11.1. The van der Waals surface area contributed by atoms with Gasteiger partial charge in [0, 0.05) is 29.3 Å². The second-order valence-electron chi connectivity index (χ2n) is 7.85. The molecule has 0 aliphatic heterocycles. The lowest BCUT2D eigenvalue weighted by atomic mass is 9.94. The lowest BCUT2D eigenvalue weighted by Crippen LogP contribution is -2.20. The van der Waals surface area contributed by atoms with Crippen LogP contribution in [-0.2, 0) is 11.8 Å². The lowest BCUT2D eigenvalue weighted by molar-refractivity contribution is 0.288. The van der Waals surface area contributed by atoms with Crippen molar-refractivity contribution in [2.45, 2.75) is 58.8 Å². The number of imidazole rings is 1. The summed E-state index contributed by atoms with van der Waals surface area (Å²) in [5.41, 5.74) is 4.30. The zero-order chi connectivity index (χ0) is 17.5. The third-order valence-corrected chi connectivity index (χ3v) is 4.46. The first kappa shape index (κ1) is 16.9. The molecule has 0 radical (unpaired) electrons. The SMILES string of the molecule is CC(C)c1ccc2c(c1)nc(C(C)(C)C)n1c(CCCO)cnc21. The maximum Gasteiger partial charge on any atom is 0.147 e. The van der Waals surface area contributed by atoms with E-state index in [9.17, 15) is 5.11 Å². The van der Waals surface area contributed by atoms with Crippen LogP contribution in [0.5, 0.6) is 0 Å². The number of aromatic nitrogens is 3. The van der Waals surface area contributed by atoms with Gasteiger partial charge in [0.15, 0.2) is 0 Å². The van der Waals surface area contributed by atoms with Crippen molar-refractivity contribution in [2.24, 2.45) is 0 Å². The van der Waals surface area contributed by atoms with Crippen LogP contribution in [0.1, 0.15) is 64.0 Å². The fourth-order valence-electron chi connectivity index (χ4n) is 3.11. The van der Waals surface area contributed by atoms with Crippen molar-refractivity contribution < 1.29 is 5.11 Å². The molecule has 3 rings (SSSR count). The Bertz CT molecular complexity index is 872. The first-order chi connectivity index (χ1) is 11.3. The molecule has 128 valence electrons. The Balaban J connectivity index is 2.33. The van der Waals surface area contributed by atoms with Crippen molar-refractivity contribution in [2.75, 3.05) is 6.61 Å². The van der Waals surface area contributed by atoms with E-state index in [1.807, 2.05) is 6.20 Å². The summed E-state index contributed by atoms with van der Waals surface area (Å²) in [6.07, 6.45) is 3.47. The van der Waals surface area contributed by atoms with Crippen LogP contribution in [0.15, 0.2) is 24.4 Å². The van der Waals surface area contributed by atoms with Crippen LogP contribution in [0, 0.1) is 0 Å². The van der Waals surface area contributed by atoms with Gasteiger partial charge in [-0.15, -0.1) is 0 Å². The first-order valence-electron chi connectivity index (χ1n) is 8.74. The van der Waals surface area contributed by atoms with Crippen LogP contribution in [0.2, 0.25) is 0 Å². The number of nitrogens with zero attached hydrogens (tertiary/aromatic N) is 3. The topological polar surface area (TPSA) is 50.4 Å². The highest BCUT2D eigenvalue weighted by Crippen LogP contribution is 2.29. The summed E-state index contributed by atoms with van der Waals surface area (Å²) in [6, 6.07) is 6.51. The van der Waals surface area contributed by atoms with Gasteiger partial charge >= 0.3 is 0 Å². The van der Waals surface area contributed by atoms with Crippen LogP contribution in [0.25, 0.3) is 16.6 Å². The van der Waals surface area contributed by atoms with E-state index in [2.05, 4.69) is 62.2 Å². The predicted octanol–water partition coefficient (Wildman–Crippen LogP) is 4.23. The quantitative estimate of drug-likeness (QED) is 0.781. The third kappa shape index (κ3) is 2.91. The van der Waals surface area contributed by atoms with Crippen molar-refractivity contribution in [3.63, 3.8) is 0 Å². The molecule has 0 bridgehead atoms. The Hall–Kier alpha value is -1.94. The molecule has 2 aromatic heterocycles. The zero-order valence-electron chi connectivity index (χ0n) is 15.3. The van der Waals surface area contributed by atoms with E-state index in [4.69, 9.17) is 4.98 Å². The minimum atomic E-state index is -0.0884. The van der Waals surface area contributed by atoms with Crippen molar-refractivity contribution in [3.05, 3.63) is 41.5 Å². The van der Waals surface area contributed by atoms with E-state index in [0.29, 0.717) is 5.92 Å². The van der Waals surface area contributed by atoms with Gasteiger partial charge in [-0.05, 0) is 36.5 Å². The molecule has 0 atom stereocenters. The molecule has 4 nitrogen and oxygen atoms in total. The Morgan fingerprint density at radius 2 is 1.96 bits per heavy atom. The number of aliphatic hydroxyl groups excluding tert-OH is 1. The van der Waals surface area contributed by atoms with Crippen LogP contribution >= 0.6 is 0 Å². The molecular weight excluding hydrogens is 298 g/mol. The van der Waals surface area contributed by atoms with Gasteiger partial charge in [-0.2, -0.15) is 0 Å². The van der Waals surface area contributed by atoms with Gasteiger partial charge in [-0.25, -0.2) is 9.97 Å². The average Bonchev–Trinajstić information content (AvgIpc) is 2.94. The number of rotatable bonds is 4. The maximum atomic E-state index is 9.18. The average molecular weight is 325 g/mol. The van der Waals surface area contributed by atoms with Crippen LogP contribution < -0.4 is 0 Å². The zero-order valence-corrected chi connectivity index (χ0v) is 15.3. The number of fused-ring (bicyclic) bond motifs is 3. The number of aliphatic hydroxyl groups is 1. The van der Waals surface area contributed by atoms with Gasteiger partial charge in [-0.1, -0.05) is 40.7 Å². The molecule has 4 heteroatoms. The molecule has 0 unspecified atom stereocenters. The van der Waals surface area contributed by atoms with Gasteiger partial charge in [0.05, 0.1) is 5.52 Å². The van der Waals surface area contributed by atoms with Crippen LogP contribution in [0.4, 0.5) is 0 Å². The van der Waals surface area contributed by atoms with Crippen LogP contribution in [-0.4, -0.2) is 26.1 Å². The highest BCUT2D eigenvalue weighted by Gasteiger charge is 2.23. The predicted molar refractivity (Wildman–Crippen MR) is 98.7 cm³/mol. The highest BCUT2D eigenvalue weighted by molar-refractivity contribution is 5.92. The second-order valence-corrected chi connectivity index (χ2v) is 7.85. The maximum absolute atomic E-state index is 9.18. The lowest BCUT2D eigenvalue weighted by Gasteiger charge is -2.22. The summed E-state index contributed by atoms with van der Waals surface area (Å²) >= 11 is 0. The molecular formula is C20H27N3O. The van der Waals surface area contributed by atoms with E-state index in [1.165, 1.54) is 5.56 Å². The molecule has 24 heavy (non-hydrogen) atoms. The molecule has 3 aromatic rings. The minimum Gasteiger partial charge on any atom is -0.396 e. The first-order valence-corrected chi connectivity index (χ1v) is 8.74. The van der Waals surface area contributed by atoms with Crippen molar-refractivity contribution in [3.8, 4) is 0 Å². The van der Waals surface area contributed by atoms with Crippen LogP contribution in [0.3, 0.4) is 0 Å². The monoisotopic (exact) mass is 325 g/mol. The third-order valence-electron chi connectivity index (χ3n) is 4.46. The molecule has 1 aromatic carbocycles. The smallest absolute Gasteiger partial charge is 0.147 e. The normalized spacial score (nSPS) is 12.6. The largest absolute Gasteiger partial charge is 0.396 e. The van der Waals surface area contributed by atoms with Gasteiger partial charge in [0.1, 0.15) is 11.5 Å². The number of benzene rings is 1. The molecule has 0 aliphatic carbocycles. The van der Waals surface area contributed by atoms with Crippen molar-refractivity contribution >= 4 is 16.6 Å². The Morgan fingerprint density at radius 1 is 1.21 bits per heavy atom. The number of aryl methyl sites for hydroxylation is 1. The van der Waals surface area contributed by atoms with Gasteiger partial charge in [-0.3, -0.25) is 4.40 Å². The standard InChI is InChI=1S/C20H27N3O/c1-13(2)14-8-9-16-17(11-14)22-19(20(3,4)5)23-15(7-6-10-24)12-21-18(16)23/h8-9,11-13,24H,6-7,10H2,1-5H3. The molecule has 1 N–H and O–H groups in total. The second kappa shape index (κ2) is 6.17. The number of hydrogen-bond acceptors (Lipinski definition) is 3. The molecule has 2 heterocycles. The minimum absolute atomic E-state index is 0.0884. The van der Waals surface area contributed by atoms with E-state index < -0.39 is 0 Å². The molecule has 0 saturated heterocycles. The van der Waals surface area contributed by atoms with E-state index in [-0.39, 0.29) is 12.0 Å². The highest BCUT2D eigenvalue weighted by atomic mass is 16.2. The van der Waals surface area contributed by atoms with Gasteiger partial charge in [0.2, 0.25) is 0 Å². The Labute approximate surface area is 143 Å². The van der Waals surface area contributed by atoms with Gasteiger partial charge in [0.25, 0.3) is 0 Å². The molecule has 0 fully saturated rings. The van der Waals surface area contributed by atoms with Crippen molar-refractivity contribution in [1.29, 1.82) is 0 Å². The Kier molecular flexibility index (Phi) is 4.35. The summed E-state index contributed by atoms with van der Waals surface area (Å²) < 4.78 is 2.19. The van der Waals surface area contributed by atoms with Crippen molar-refractivity contribution in [1.82, 2.24) is 14.4 Å². The fourth-order valence-corrected chi connectivity index (χ4v) is 3.11. The molecule has 0 spiro atoms. The number of hydrogen-bond donors (Lipinski definition) is 1. The Morgan fingerprint density at radius 3 is 2.58 bits per heavy atom. The molecule has 0 saturated carbocycles. The summed E-state index contributed by atoms with van der Waals surface area (Å²) in [7, 11) is 0. The summed E-state index contributed by atoms with van der Waals surface area (Å²) in [4.78, 5) is 9.71. The van der Waals surface area contributed by atoms with E-state index >= 15 is 0 Å².